The quantitative estimate of drug-likeness (QED) is 0.340. The third-order valence-corrected chi connectivity index (χ3v) is 0.283. The molecular weight excluding hydrogens is 80.8 g/mol. The number of nitrogens with two attached hydrogens (primary N) is 1. The molecule has 0 radical (unpaired) electrons. The van der Waals surface area contributed by atoms with Crippen molar-refractivity contribution in [1.29, 1.82) is 0 Å². The summed E-state index contributed by atoms with van der Waals surface area (Å²) in [5, 5.41) is 15.9. The van der Waals surface area contributed by atoms with Crippen molar-refractivity contribution in [2.24, 2.45) is 5.73 Å². The van der Waals surface area contributed by atoms with E-state index in [-0.39, 0.29) is 0 Å². The lowest BCUT2D eigenvalue weighted by atomic mass is 9.93. The summed E-state index contributed by atoms with van der Waals surface area (Å²) < 4.78 is 0. The van der Waals surface area contributed by atoms with Crippen LogP contribution in [0.5, 0.6) is 0 Å². The van der Waals surface area contributed by atoms with Crippen LogP contribution in [0, 0.1) is 0 Å². The molecule has 0 aliphatic rings. The SMILES string of the molecule is NC=CB(O)O. The van der Waals surface area contributed by atoms with Gasteiger partial charge in [-0.3, -0.25) is 0 Å². The van der Waals surface area contributed by atoms with Crippen LogP contribution in [0.25, 0.3) is 0 Å². The van der Waals surface area contributed by atoms with Crippen molar-refractivity contribution in [3.8, 4) is 0 Å². The normalized spacial score (nSPS) is 9.67. The van der Waals surface area contributed by atoms with Gasteiger partial charge in [0.1, 0.15) is 0 Å². The summed E-state index contributed by atoms with van der Waals surface area (Å²) in [6.45, 7) is 0. The van der Waals surface area contributed by atoms with Crippen LogP contribution in [-0.2, 0) is 0 Å². The van der Waals surface area contributed by atoms with Crippen LogP contribution >= 0.6 is 0 Å². The standard InChI is InChI=1S/C2H6BNO2/c4-2-1-3(5)6/h1-2,5-6H,4H2. The summed E-state index contributed by atoms with van der Waals surface area (Å²) in [5.41, 5.74) is 4.73. The van der Waals surface area contributed by atoms with Crippen molar-refractivity contribution < 1.29 is 10.0 Å². The summed E-state index contributed by atoms with van der Waals surface area (Å²) in [4.78, 5) is 0. The molecule has 0 spiro atoms. The monoisotopic (exact) mass is 87.0 g/mol. The van der Waals surface area contributed by atoms with E-state index in [9.17, 15) is 0 Å². The highest BCUT2D eigenvalue weighted by Gasteiger charge is 1.94. The Labute approximate surface area is 36.2 Å². The molecule has 4 N–H and O–H groups in total. The first-order valence-electron chi connectivity index (χ1n) is 1.52. The average molecular weight is 86.9 g/mol. The summed E-state index contributed by atoms with van der Waals surface area (Å²) in [7, 11) is -1.41. The van der Waals surface area contributed by atoms with Crippen molar-refractivity contribution in [3.63, 3.8) is 0 Å². The molecule has 0 saturated heterocycles. The van der Waals surface area contributed by atoms with E-state index in [1.54, 1.807) is 0 Å². The molecule has 0 aromatic rings. The zero-order valence-corrected chi connectivity index (χ0v) is 3.20. The van der Waals surface area contributed by atoms with Gasteiger partial charge in [0.05, 0.1) is 0 Å². The molecule has 3 nitrogen and oxygen atoms in total. The molecule has 34 valence electrons. The van der Waals surface area contributed by atoms with E-state index in [4.69, 9.17) is 15.8 Å². The van der Waals surface area contributed by atoms with E-state index in [1.165, 1.54) is 0 Å². The van der Waals surface area contributed by atoms with Gasteiger partial charge < -0.3 is 15.8 Å². The summed E-state index contributed by atoms with van der Waals surface area (Å²) >= 11 is 0. The molecule has 0 bridgehead atoms. The highest BCUT2D eigenvalue weighted by Crippen LogP contribution is 1.64. The molecule has 0 amide bonds. The third-order valence-electron chi connectivity index (χ3n) is 0.283. The maximum atomic E-state index is 7.94. The van der Waals surface area contributed by atoms with Gasteiger partial charge in [0.2, 0.25) is 0 Å². The van der Waals surface area contributed by atoms with Gasteiger partial charge in [0.15, 0.2) is 0 Å². The molecular formula is C2H6BNO2. The predicted octanol–water partition coefficient (Wildman–Crippen LogP) is -1.53. The molecule has 4 heteroatoms. The average Bonchev–Trinajstić information content (AvgIpc) is 1.35. The minimum atomic E-state index is -1.41. The molecule has 0 fully saturated rings. The molecule has 0 unspecified atom stereocenters. The Kier molecular flexibility index (Phi) is 2.53. The molecule has 0 aliphatic carbocycles. The summed E-state index contributed by atoms with van der Waals surface area (Å²) in [6, 6.07) is 0. The van der Waals surface area contributed by atoms with Crippen molar-refractivity contribution in [2.45, 2.75) is 0 Å². The van der Waals surface area contributed by atoms with Gasteiger partial charge in [-0.15, -0.1) is 0 Å². The third kappa shape index (κ3) is 3.52. The highest BCUT2D eigenvalue weighted by molar-refractivity contribution is 6.47. The Morgan fingerprint density at radius 1 is 1.50 bits per heavy atom. The highest BCUT2D eigenvalue weighted by atomic mass is 16.4. The van der Waals surface area contributed by atoms with E-state index in [2.05, 4.69) is 0 Å². The first kappa shape index (κ1) is 5.52. The van der Waals surface area contributed by atoms with Gasteiger partial charge >= 0.3 is 7.12 Å². The van der Waals surface area contributed by atoms with Crippen LogP contribution < -0.4 is 5.73 Å². The van der Waals surface area contributed by atoms with Crippen molar-refractivity contribution >= 4 is 7.12 Å². The van der Waals surface area contributed by atoms with E-state index in [0.717, 1.165) is 12.2 Å². The van der Waals surface area contributed by atoms with E-state index in [0.29, 0.717) is 0 Å². The Morgan fingerprint density at radius 2 is 2.00 bits per heavy atom. The molecule has 0 aromatic heterocycles. The maximum absolute atomic E-state index is 7.94. The second kappa shape index (κ2) is 2.75. The van der Waals surface area contributed by atoms with Gasteiger partial charge in [0.25, 0.3) is 0 Å². The predicted molar refractivity (Wildman–Crippen MR) is 23.5 cm³/mol. The first-order valence-corrected chi connectivity index (χ1v) is 1.52. The van der Waals surface area contributed by atoms with Gasteiger partial charge in [0, 0.05) is 0 Å². The second-order valence-electron chi connectivity index (χ2n) is 0.799. The van der Waals surface area contributed by atoms with Crippen LogP contribution in [0.1, 0.15) is 0 Å². The number of hydrogen-bond acceptors (Lipinski definition) is 3. The fourth-order valence-electron chi connectivity index (χ4n) is 0.0994. The minimum absolute atomic E-state index is 1.06. The number of hydrogen-bond donors (Lipinski definition) is 3. The molecule has 0 rings (SSSR count). The van der Waals surface area contributed by atoms with Crippen LogP contribution in [0.4, 0.5) is 0 Å². The Balaban J connectivity index is 3.03. The van der Waals surface area contributed by atoms with Gasteiger partial charge in [-0.1, -0.05) is 0 Å². The van der Waals surface area contributed by atoms with Gasteiger partial charge in [-0.05, 0) is 12.2 Å². The van der Waals surface area contributed by atoms with Gasteiger partial charge in [-0.2, -0.15) is 0 Å². The van der Waals surface area contributed by atoms with E-state index in [1.807, 2.05) is 0 Å². The van der Waals surface area contributed by atoms with Crippen molar-refractivity contribution in [2.75, 3.05) is 0 Å². The zero-order valence-electron chi connectivity index (χ0n) is 3.20. The first-order chi connectivity index (χ1) is 2.77. The lowest BCUT2D eigenvalue weighted by molar-refractivity contribution is 0.424. The second-order valence-corrected chi connectivity index (χ2v) is 0.799. The molecule has 0 saturated carbocycles. The van der Waals surface area contributed by atoms with Crippen LogP contribution in [0.2, 0.25) is 0 Å². The van der Waals surface area contributed by atoms with Crippen molar-refractivity contribution in [3.05, 3.63) is 12.2 Å². The fraction of sp³-hybridized carbons (Fsp3) is 0. The fourth-order valence-corrected chi connectivity index (χ4v) is 0.0994. The van der Waals surface area contributed by atoms with Gasteiger partial charge in [-0.25, -0.2) is 0 Å². The lowest BCUT2D eigenvalue weighted by Gasteiger charge is -1.78. The van der Waals surface area contributed by atoms with E-state index < -0.39 is 7.12 Å². The zero-order chi connectivity index (χ0) is 4.99. The smallest absolute Gasteiger partial charge is 0.424 e. The topological polar surface area (TPSA) is 66.5 Å². The molecule has 6 heavy (non-hydrogen) atoms. The molecule has 0 aliphatic heterocycles. The Bertz CT molecular complexity index is 53.5. The molecule has 0 heterocycles. The number of rotatable bonds is 1. The Hall–Kier alpha value is -0.475. The largest absolute Gasteiger partial charge is 0.482 e. The van der Waals surface area contributed by atoms with Crippen LogP contribution in [0.15, 0.2) is 12.2 Å². The molecule has 0 aromatic carbocycles. The lowest BCUT2D eigenvalue weighted by Crippen LogP contribution is -2.06. The maximum Gasteiger partial charge on any atom is 0.482 e. The van der Waals surface area contributed by atoms with E-state index >= 15 is 0 Å². The Morgan fingerprint density at radius 3 is 2.00 bits per heavy atom. The summed E-state index contributed by atoms with van der Waals surface area (Å²) in [6.07, 6.45) is 1.07. The van der Waals surface area contributed by atoms with Crippen LogP contribution in [-0.4, -0.2) is 17.2 Å². The van der Waals surface area contributed by atoms with Crippen LogP contribution in [0.3, 0.4) is 0 Å². The molecule has 0 atom stereocenters. The minimum Gasteiger partial charge on any atom is -0.424 e. The summed E-state index contributed by atoms with van der Waals surface area (Å²) in [5.74, 6) is 1.06. The van der Waals surface area contributed by atoms with Crippen molar-refractivity contribution in [1.82, 2.24) is 0 Å².